The Kier molecular flexibility index (Phi) is 5.48. The Hall–Kier alpha value is -1.26. The van der Waals surface area contributed by atoms with Gasteiger partial charge in [-0.2, -0.15) is 0 Å². The van der Waals surface area contributed by atoms with Gasteiger partial charge in [0, 0.05) is 35.3 Å². The summed E-state index contributed by atoms with van der Waals surface area (Å²) in [5.41, 5.74) is 0.225. The number of rotatable bonds is 4. The fourth-order valence-corrected chi connectivity index (χ4v) is 2.67. The van der Waals surface area contributed by atoms with Crippen LogP contribution in [0.25, 0.3) is 0 Å². The van der Waals surface area contributed by atoms with Crippen LogP contribution in [-0.2, 0) is 4.74 Å². The lowest BCUT2D eigenvalue weighted by Crippen LogP contribution is -2.46. The summed E-state index contributed by atoms with van der Waals surface area (Å²) < 4.78 is 6.24. The van der Waals surface area contributed by atoms with Crippen molar-refractivity contribution in [2.45, 2.75) is 6.10 Å². The van der Waals surface area contributed by atoms with Crippen molar-refractivity contribution in [3.8, 4) is 0 Å². The fourth-order valence-electron chi connectivity index (χ4n) is 2.09. The summed E-state index contributed by atoms with van der Waals surface area (Å²) in [7, 11) is 2.00. The van der Waals surface area contributed by atoms with Crippen molar-refractivity contribution in [2.24, 2.45) is 0 Å². The molecule has 1 aromatic carbocycles. The van der Waals surface area contributed by atoms with E-state index < -0.39 is 4.92 Å². The van der Waals surface area contributed by atoms with Crippen LogP contribution in [0.1, 0.15) is 10.4 Å². The van der Waals surface area contributed by atoms with Gasteiger partial charge in [-0.15, -0.1) is 0 Å². The monoisotopic (exact) mass is 405 g/mol. The number of morpholine rings is 1. The zero-order chi connectivity index (χ0) is 15.4. The number of carbonyl (C=O) groups is 1. The van der Waals surface area contributed by atoms with E-state index in [1.165, 1.54) is 12.1 Å². The molecule has 114 valence electrons. The molecule has 0 bridgehead atoms. The van der Waals surface area contributed by atoms with Crippen molar-refractivity contribution in [3.63, 3.8) is 0 Å². The van der Waals surface area contributed by atoms with E-state index >= 15 is 0 Å². The molecular weight excluding hydrogens is 389 g/mol. The third kappa shape index (κ3) is 4.35. The highest BCUT2D eigenvalue weighted by molar-refractivity contribution is 14.1. The quantitative estimate of drug-likeness (QED) is 0.463. The first kappa shape index (κ1) is 16.1. The number of carbonyl (C=O) groups excluding carboxylic acids is 1. The number of ether oxygens (including phenoxy) is 1. The van der Waals surface area contributed by atoms with Crippen LogP contribution in [0.2, 0.25) is 0 Å². The summed E-state index contributed by atoms with van der Waals surface area (Å²) in [6, 6.07) is 4.25. The Bertz CT molecular complexity index is 552. The third-order valence-corrected chi connectivity index (χ3v) is 4.18. The Morgan fingerprint density at radius 3 is 3.05 bits per heavy atom. The Morgan fingerprint density at radius 2 is 2.38 bits per heavy atom. The fraction of sp³-hybridized carbons (Fsp3) is 0.462. The molecule has 0 radical (unpaired) electrons. The van der Waals surface area contributed by atoms with Crippen molar-refractivity contribution in [2.75, 3.05) is 33.3 Å². The molecule has 8 heteroatoms. The topological polar surface area (TPSA) is 84.7 Å². The number of nitrogens with one attached hydrogen (secondary N) is 1. The van der Waals surface area contributed by atoms with Gasteiger partial charge < -0.3 is 15.0 Å². The molecule has 0 spiro atoms. The van der Waals surface area contributed by atoms with Gasteiger partial charge in [0.1, 0.15) is 0 Å². The maximum Gasteiger partial charge on any atom is 0.270 e. The summed E-state index contributed by atoms with van der Waals surface area (Å²) >= 11 is 1.99. The number of nitro benzene ring substituents is 1. The molecule has 1 aliphatic heterocycles. The molecule has 1 N–H and O–H groups in total. The molecule has 1 amide bonds. The van der Waals surface area contributed by atoms with Gasteiger partial charge in [-0.1, -0.05) is 0 Å². The van der Waals surface area contributed by atoms with Crippen molar-refractivity contribution in [1.29, 1.82) is 0 Å². The second-order valence-electron chi connectivity index (χ2n) is 4.89. The Balaban J connectivity index is 1.99. The van der Waals surface area contributed by atoms with E-state index in [0.717, 1.165) is 13.1 Å². The van der Waals surface area contributed by atoms with Crippen LogP contribution in [0.3, 0.4) is 0 Å². The Morgan fingerprint density at radius 1 is 1.62 bits per heavy atom. The lowest BCUT2D eigenvalue weighted by atomic mass is 10.2. The number of nitrogens with zero attached hydrogens (tertiary/aromatic N) is 2. The van der Waals surface area contributed by atoms with Gasteiger partial charge in [0.15, 0.2) is 0 Å². The first-order chi connectivity index (χ1) is 9.97. The van der Waals surface area contributed by atoms with E-state index in [1.807, 2.05) is 29.6 Å². The first-order valence-electron chi connectivity index (χ1n) is 6.49. The highest BCUT2D eigenvalue weighted by Crippen LogP contribution is 2.19. The second kappa shape index (κ2) is 7.14. The molecule has 1 saturated heterocycles. The average molecular weight is 405 g/mol. The van der Waals surface area contributed by atoms with Crippen LogP contribution >= 0.6 is 22.6 Å². The predicted molar refractivity (Wildman–Crippen MR) is 85.4 cm³/mol. The molecule has 1 fully saturated rings. The number of benzene rings is 1. The maximum atomic E-state index is 12.2. The summed E-state index contributed by atoms with van der Waals surface area (Å²) in [4.78, 5) is 24.6. The summed E-state index contributed by atoms with van der Waals surface area (Å²) in [5.74, 6) is -0.320. The normalized spacial score (nSPS) is 19.2. The smallest absolute Gasteiger partial charge is 0.270 e. The minimum Gasteiger partial charge on any atom is -0.374 e. The highest BCUT2D eigenvalue weighted by Gasteiger charge is 2.20. The van der Waals surface area contributed by atoms with E-state index in [0.29, 0.717) is 22.3 Å². The SMILES string of the molecule is CN1CCOC(CNC(=O)c2cc([N+](=O)[O-])ccc2I)C1. The first-order valence-corrected chi connectivity index (χ1v) is 7.57. The van der Waals surface area contributed by atoms with Crippen molar-refractivity contribution in [1.82, 2.24) is 10.2 Å². The predicted octanol–water partition coefficient (Wildman–Crippen LogP) is 1.26. The van der Waals surface area contributed by atoms with E-state index in [-0.39, 0.29) is 17.7 Å². The lowest BCUT2D eigenvalue weighted by Gasteiger charge is -2.30. The van der Waals surface area contributed by atoms with E-state index in [2.05, 4.69) is 10.2 Å². The summed E-state index contributed by atoms with van der Waals surface area (Å²) in [5, 5.41) is 13.6. The molecule has 0 aliphatic carbocycles. The molecule has 21 heavy (non-hydrogen) atoms. The third-order valence-electron chi connectivity index (χ3n) is 3.24. The molecule has 1 aromatic rings. The van der Waals surface area contributed by atoms with Gasteiger partial charge in [-0.25, -0.2) is 0 Å². The molecule has 0 saturated carbocycles. The summed E-state index contributed by atoms with van der Waals surface area (Å²) in [6.07, 6.45) is -0.0518. The van der Waals surface area contributed by atoms with Crippen LogP contribution in [0, 0.1) is 13.7 Å². The van der Waals surface area contributed by atoms with Gasteiger partial charge >= 0.3 is 0 Å². The number of nitro groups is 1. The van der Waals surface area contributed by atoms with Gasteiger partial charge in [-0.3, -0.25) is 14.9 Å². The molecule has 0 aromatic heterocycles. The number of non-ortho nitro benzene ring substituents is 1. The summed E-state index contributed by atoms with van der Waals surface area (Å²) in [6.45, 7) is 2.67. The van der Waals surface area contributed by atoms with Gasteiger partial charge in [0.25, 0.3) is 11.6 Å². The van der Waals surface area contributed by atoms with E-state index in [1.54, 1.807) is 6.07 Å². The molecular formula is C13H16IN3O4. The average Bonchev–Trinajstić information content (AvgIpc) is 2.45. The highest BCUT2D eigenvalue weighted by atomic mass is 127. The number of halogens is 1. The van der Waals surface area contributed by atoms with Crippen LogP contribution in [0.4, 0.5) is 5.69 Å². The number of hydrogen-bond donors (Lipinski definition) is 1. The van der Waals surface area contributed by atoms with Gasteiger partial charge in [0.05, 0.1) is 23.2 Å². The van der Waals surface area contributed by atoms with Gasteiger partial charge in [-0.05, 0) is 35.7 Å². The number of hydrogen-bond acceptors (Lipinski definition) is 5. The van der Waals surface area contributed by atoms with Crippen LogP contribution in [0.5, 0.6) is 0 Å². The van der Waals surface area contributed by atoms with Crippen LogP contribution < -0.4 is 5.32 Å². The minimum absolute atomic E-state index is 0.0518. The van der Waals surface area contributed by atoms with Crippen molar-refractivity contribution >= 4 is 34.2 Å². The zero-order valence-electron chi connectivity index (χ0n) is 11.5. The van der Waals surface area contributed by atoms with Crippen LogP contribution in [-0.4, -0.2) is 55.1 Å². The van der Waals surface area contributed by atoms with Crippen LogP contribution in [0.15, 0.2) is 18.2 Å². The van der Waals surface area contributed by atoms with Crippen molar-refractivity contribution in [3.05, 3.63) is 37.4 Å². The lowest BCUT2D eigenvalue weighted by molar-refractivity contribution is -0.384. The number of likely N-dealkylation sites (N-methyl/N-ethyl adjacent to an activating group) is 1. The number of amides is 1. The largest absolute Gasteiger partial charge is 0.374 e. The molecule has 1 unspecified atom stereocenters. The molecule has 2 rings (SSSR count). The minimum atomic E-state index is -0.508. The van der Waals surface area contributed by atoms with E-state index in [9.17, 15) is 14.9 Å². The van der Waals surface area contributed by atoms with E-state index in [4.69, 9.17) is 4.74 Å². The molecule has 7 nitrogen and oxygen atoms in total. The Labute approximate surface area is 135 Å². The molecule has 1 aliphatic rings. The maximum absolute atomic E-state index is 12.2. The van der Waals surface area contributed by atoms with Gasteiger partial charge in [0.2, 0.25) is 0 Å². The second-order valence-corrected chi connectivity index (χ2v) is 6.05. The van der Waals surface area contributed by atoms with Crippen molar-refractivity contribution < 1.29 is 14.5 Å². The molecule has 1 atom stereocenters. The molecule has 1 heterocycles. The zero-order valence-corrected chi connectivity index (χ0v) is 13.7. The standard InChI is InChI=1S/C13H16IN3O4/c1-16-4-5-21-10(8-16)7-15-13(18)11-6-9(17(19)20)2-3-12(11)14/h2-3,6,10H,4-5,7-8H2,1H3,(H,15,18).